The third-order valence-electron chi connectivity index (χ3n) is 4.83. The maximum absolute atomic E-state index is 13.5. The van der Waals surface area contributed by atoms with Crippen LogP contribution in [-0.2, 0) is 16.4 Å². The van der Waals surface area contributed by atoms with E-state index < -0.39 is 15.7 Å². The number of fused-ring (bicyclic) bond motifs is 1. The first kappa shape index (κ1) is 21.5. The van der Waals surface area contributed by atoms with Crippen LogP contribution in [0.3, 0.4) is 0 Å². The van der Waals surface area contributed by atoms with Crippen molar-refractivity contribution in [3.05, 3.63) is 90.1 Å². The molecular formula is C23H20FN3O4S. The highest BCUT2D eigenvalue weighted by atomic mass is 32.2. The Bertz CT molecular complexity index is 1380. The lowest BCUT2D eigenvalue weighted by molar-refractivity contribution is 0.0950. The van der Waals surface area contributed by atoms with Gasteiger partial charge in [-0.3, -0.25) is 4.79 Å². The number of hydrogen-bond donors (Lipinski definition) is 1. The molecule has 0 aliphatic carbocycles. The standard InChI is InChI=1S/C23H20FN3O4S/c1-2-31-20-13-18(24)6-9-21(20)32(29,30)19-7-3-16(4-8-19)14-26-23(28)17-5-10-22-25-11-12-27(22)15-17/h3-13,15H,2,14H2,1H3,(H,26,28). The third kappa shape index (κ3) is 4.33. The number of amides is 1. The number of nitrogens with one attached hydrogen (secondary N) is 1. The summed E-state index contributed by atoms with van der Waals surface area (Å²) in [5.74, 6) is -0.866. The van der Waals surface area contributed by atoms with Crippen LogP contribution in [0.4, 0.5) is 4.39 Å². The van der Waals surface area contributed by atoms with Gasteiger partial charge in [-0.2, -0.15) is 0 Å². The second-order valence-electron chi connectivity index (χ2n) is 6.96. The van der Waals surface area contributed by atoms with Crippen LogP contribution >= 0.6 is 0 Å². The van der Waals surface area contributed by atoms with Gasteiger partial charge in [-0.1, -0.05) is 12.1 Å². The fourth-order valence-corrected chi connectivity index (χ4v) is 4.60. The molecular weight excluding hydrogens is 433 g/mol. The first-order valence-corrected chi connectivity index (χ1v) is 11.3. The van der Waals surface area contributed by atoms with Crippen molar-refractivity contribution in [3.63, 3.8) is 0 Å². The van der Waals surface area contributed by atoms with Crippen molar-refractivity contribution in [3.8, 4) is 5.75 Å². The molecule has 0 saturated carbocycles. The average molecular weight is 453 g/mol. The molecule has 0 aliphatic heterocycles. The smallest absolute Gasteiger partial charge is 0.253 e. The van der Waals surface area contributed by atoms with Gasteiger partial charge in [0.2, 0.25) is 9.84 Å². The van der Waals surface area contributed by atoms with Crippen molar-refractivity contribution in [2.75, 3.05) is 6.61 Å². The first-order valence-electron chi connectivity index (χ1n) is 9.86. The number of ether oxygens (including phenoxy) is 1. The number of nitrogens with zero attached hydrogens (tertiary/aromatic N) is 2. The minimum Gasteiger partial charge on any atom is -0.492 e. The van der Waals surface area contributed by atoms with E-state index in [4.69, 9.17) is 4.74 Å². The second-order valence-corrected chi connectivity index (χ2v) is 8.88. The summed E-state index contributed by atoms with van der Waals surface area (Å²) in [6, 6.07) is 12.9. The quantitative estimate of drug-likeness (QED) is 0.432. The maximum Gasteiger partial charge on any atom is 0.253 e. The van der Waals surface area contributed by atoms with E-state index in [0.29, 0.717) is 5.56 Å². The van der Waals surface area contributed by atoms with Crippen molar-refractivity contribution in [1.29, 1.82) is 0 Å². The molecule has 0 bridgehead atoms. The topological polar surface area (TPSA) is 89.8 Å². The highest BCUT2D eigenvalue weighted by Gasteiger charge is 2.23. The van der Waals surface area contributed by atoms with Crippen LogP contribution in [0.5, 0.6) is 5.75 Å². The SMILES string of the molecule is CCOc1cc(F)ccc1S(=O)(=O)c1ccc(CNC(=O)c2ccc3nccn3c2)cc1. The zero-order valence-corrected chi connectivity index (χ0v) is 18.0. The molecule has 1 N–H and O–H groups in total. The first-order chi connectivity index (χ1) is 15.4. The highest BCUT2D eigenvalue weighted by Crippen LogP contribution is 2.30. The Morgan fingerprint density at radius 1 is 1.12 bits per heavy atom. The summed E-state index contributed by atoms with van der Waals surface area (Å²) in [6.07, 6.45) is 5.09. The van der Waals surface area contributed by atoms with E-state index in [0.717, 1.165) is 23.3 Å². The highest BCUT2D eigenvalue weighted by molar-refractivity contribution is 7.91. The molecule has 2 aromatic heterocycles. The molecule has 0 spiro atoms. The van der Waals surface area contributed by atoms with Gasteiger partial charge in [-0.05, 0) is 48.9 Å². The van der Waals surface area contributed by atoms with Gasteiger partial charge in [0.25, 0.3) is 5.91 Å². The van der Waals surface area contributed by atoms with Crippen LogP contribution in [0.15, 0.2) is 83.0 Å². The van der Waals surface area contributed by atoms with Gasteiger partial charge in [-0.25, -0.2) is 17.8 Å². The average Bonchev–Trinajstić information content (AvgIpc) is 3.26. The normalized spacial score (nSPS) is 11.4. The minimum absolute atomic E-state index is 0.0290. The summed E-state index contributed by atoms with van der Waals surface area (Å²) in [6.45, 7) is 2.12. The summed E-state index contributed by atoms with van der Waals surface area (Å²) in [4.78, 5) is 16.5. The van der Waals surface area contributed by atoms with Crippen molar-refractivity contribution < 1.29 is 22.3 Å². The molecule has 0 unspecified atom stereocenters. The summed E-state index contributed by atoms with van der Waals surface area (Å²) < 4.78 is 46.6. The number of imidazole rings is 1. The molecule has 7 nitrogen and oxygen atoms in total. The summed E-state index contributed by atoms with van der Waals surface area (Å²) in [5, 5.41) is 2.81. The fraction of sp³-hybridized carbons (Fsp3) is 0.130. The Labute approximate surface area is 184 Å². The number of pyridine rings is 1. The molecule has 0 saturated heterocycles. The molecule has 32 heavy (non-hydrogen) atoms. The van der Waals surface area contributed by atoms with Crippen LogP contribution in [0, 0.1) is 5.82 Å². The van der Waals surface area contributed by atoms with Crippen LogP contribution in [0.1, 0.15) is 22.8 Å². The molecule has 4 aromatic rings. The maximum atomic E-state index is 13.5. The number of benzene rings is 2. The predicted octanol–water partition coefficient (Wildman–Crippen LogP) is 3.63. The molecule has 9 heteroatoms. The molecule has 0 fully saturated rings. The largest absolute Gasteiger partial charge is 0.492 e. The van der Waals surface area contributed by atoms with Crippen molar-refractivity contribution in [1.82, 2.24) is 14.7 Å². The third-order valence-corrected chi connectivity index (χ3v) is 6.64. The Balaban J connectivity index is 1.48. The van der Waals surface area contributed by atoms with Crippen LogP contribution < -0.4 is 10.1 Å². The van der Waals surface area contributed by atoms with Crippen molar-refractivity contribution >= 4 is 21.4 Å². The van der Waals surface area contributed by atoms with E-state index in [2.05, 4.69) is 10.3 Å². The molecule has 0 atom stereocenters. The fourth-order valence-electron chi connectivity index (χ4n) is 3.22. The van der Waals surface area contributed by atoms with Crippen molar-refractivity contribution in [2.45, 2.75) is 23.3 Å². The monoisotopic (exact) mass is 453 g/mol. The Kier molecular flexibility index (Phi) is 5.91. The van der Waals surface area contributed by atoms with E-state index in [1.807, 2.05) is 0 Å². The van der Waals surface area contributed by atoms with Crippen LogP contribution in [0.2, 0.25) is 0 Å². The number of halogens is 1. The van der Waals surface area contributed by atoms with Gasteiger partial charge in [-0.15, -0.1) is 0 Å². The van der Waals surface area contributed by atoms with Crippen LogP contribution in [0.25, 0.3) is 5.65 Å². The number of carbonyl (C=O) groups excluding carboxylic acids is 1. The van der Waals surface area contributed by atoms with Gasteiger partial charge in [0.15, 0.2) is 0 Å². The zero-order valence-electron chi connectivity index (χ0n) is 17.2. The van der Waals surface area contributed by atoms with Crippen molar-refractivity contribution in [2.24, 2.45) is 0 Å². The summed E-state index contributed by atoms with van der Waals surface area (Å²) in [7, 11) is -3.90. The van der Waals surface area contributed by atoms with Gasteiger partial charge in [0.1, 0.15) is 22.1 Å². The Morgan fingerprint density at radius 2 is 1.91 bits per heavy atom. The number of carbonyl (C=O) groups is 1. The number of rotatable bonds is 7. The number of aromatic nitrogens is 2. The molecule has 2 aromatic carbocycles. The number of hydrogen-bond acceptors (Lipinski definition) is 5. The molecule has 4 rings (SSSR count). The molecule has 1 amide bonds. The van der Waals surface area contributed by atoms with E-state index >= 15 is 0 Å². The van der Waals surface area contributed by atoms with Gasteiger partial charge >= 0.3 is 0 Å². The lowest BCUT2D eigenvalue weighted by atomic mass is 10.2. The molecule has 164 valence electrons. The van der Waals surface area contributed by atoms with E-state index in [1.165, 1.54) is 18.2 Å². The summed E-state index contributed by atoms with van der Waals surface area (Å²) in [5.41, 5.74) is 1.95. The molecule has 0 radical (unpaired) electrons. The van der Waals surface area contributed by atoms with Gasteiger partial charge < -0.3 is 14.5 Å². The van der Waals surface area contributed by atoms with Gasteiger partial charge in [0, 0.05) is 31.2 Å². The lowest BCUT2D eigenvalue weighted by Crippen LogP contribution is -2.23. The van der Waals surface area contributed by atoms with E-state index in [9.17, 15) is 17.6 Å². The predicted molar refractivity (Wildman–Crippen MR) is 116 cm³/mol. The van der Waals surface area contributed by atoms with E-state index in [1.54, 1.807) is 54.2 Å². The zero-order chi connectivity index (χ0) is 22.7. The minimum atomic E-state index is -3.90. The Hall–Kier alpha value is -3.72. The molecule has 2 heterocycles. The van der Waals surface area contributed by atoms with Crippen LogP contribution in [-0.4, -0.2) is 30.3 Å². The number of sulfone groups is 1. The second kappa shape index (κ2) is 8.80. The summed E-state index contributed by atoms with van der Waals surface area (Å²) >= 11 is 0. The molecule has 0 aliphatic rings. The van der Waals surface area contributed by atoms with Gasteiger partial charge in [0.05, 0.1) is 17.1 Å². The van der Waals surface area contributed by atoms with E-state index in [-0.39, 0.29) is 34.6 Å². The lowest BCUT2D eigenvalue weighted by Gasteiger charge is -2.12. The Morgan fingerprint density at radius 3 is 2.66 bits per heavy atom.